The Balaban J connectivity index is 1.88. The molecule has 3 rings (SSSR count). The number of halogens is 4. The zero-order valence-corrected chi connectivity index (χ0v) is 16.2. The van der Waals surface area contributed by atoms with Gasteiger partial charge in [-0.25, -0.2) is 0 Å². The van der Waals surface area contributed by atoms with Crippen LogP contribution in [-0.2, 0) is 24.6 Å². The molecule has 0 N–H and O–H groups in total. The van der Waals surface area contributed by atoms with Gasteiger partial charge in [-0.2, -0.15) is 23.4 Å². The Morgan fingerprint density at radius 1 is 1.46 bits per heavy atom. The molecule has 1 atom stereocenters. The van der Waals surface area contributed by atoms with Gasteiger partial charge in [-0.1, -0.05) is 0 Å². The van der Waals surface area contributed by atoms with E-state index in [0.29, 0.717) is 12.2 Å². The summed E-state index contributed by atoms with van der Waals surface area (Å²) in [5, 5.41) is 7.79. The van der Waals surface area contributed by atoms with Crippen molar-refractivity contribution in [3.05, 3.63) is 33.8 Å². The molecule has 10 heteroatoms. The largest absolute Gasteiger partial charge is 0.436 e. The SMILES string of the molecule is CC(C(=O)N(C)Cc1ccnn1C)n1nc(C(F)(F)F)c(Br)c1C1CC1. The molecule has 1 fully saturated rings. The quantitative estimate of drug-likeness (QED) is 0.724. The highest BCUT2D eigenvalue weighted by atomic mass is 79.9. The van der Waals surface area contributed by atoms with Crippen LogP contribution in [0.1, 0.15) is 48.8 Å². The van der Waals surface area contributed by atoms with E-state index in [4.69, 9.17) is 0 Å². The number of nitrogens with zero attached hydrogens (tertiary/aromatic N) is 5. The number of aromatic nitrogens is 4. The smallest absolute Gasteiger partial charge is 0.338 e. The van der Waals surface area contributed by atoms with Crippen LogP contribution >= 0.6 is 15.9 Å². The van der Waals surface area contributed by atoms with E-state index in [2.05, 4.69) is 26.1 Å². The van der Waals surface area contributed by atoms with Crippen molar-refractivity contribution in [1.82, 2.24) is 24.5 Å². The van der Waals surface area contributed by atoms with E-state index in [1.807, 2.05) is 0 Å². The summed E-state index contributed by atoms with van der Waals surface area (Å²) < 4.78 is 42.5. The molecule has 142 valence electrons. The highest BCUT2D eigenvalue weighted by Gasteiger charge is 2.43. The maximum absolute atomic E-state index is 13.2. The third-order valence-corrected chi connectivity index (χ3v) is 5.32. The van der Waals surface area contributed by atoms with Crippen LogP contribution in [0, 0.1) is 0 Å². The monoisotopic (exact) mass is 433 g/mol. The fourth-order valence-corrected chi connectivity index (χ4v) is 3.74. The van der Waals surface area contributed by atoms with Crippen LogP contribution in [0.25, 0.3) is 0 Å². The molecule has 0 spiro atoms. The highest BCUT2D eigenvalue weighted by molar-refractivity contribution is 9.10. The zero-order chi connectivity index (χ0) is 19.2. The first-order valence-electron chi connectivity index (χ1n) is 8.18. The number of carbonyl (C=O) groups excluding carboxylic acids is 1. The normalized spacial score (nSPS) is 16.0. The molecule has 2 heterocycles. The molecule has 1 unspecified atom stereocenters. The molecule has 1 saturated carbocycles. The Hall–Kier alpha value is -1.84. The minimum atomic E-state index is -4.57. The van der Waals surface area contributed by atoms with Crippen molar-refractivity contribution in [3.8, 4) is 0 Å². The third kappa shape index (κ3) is 3.51. The first kappa shape index (κ1) is 18.9. The number of carbonyl (C=O) groups is 1. The number of rotatable bonds is 5. The lowest BCUT2D eigenvalue weighted by atomic mass is 10.2. The van der Waals surface area contributed by atoms with Gasteiger partial charge < -0.3 is 4.90 Å². The van der Waals surface area contributed by atoms with Gasteiger partial charge in [0, 0.05) is 26.2 Å². The van der Waals surface area contributed by atoms with E-state index in [1.54, 1.807) is 38.0 Å². The molecular formula is C16H19BrF3N5O. The number of aryl methyl sites for hydroxylation is 1. The van der Waals surface area contributed by atoms with E-state index < -0.39 is 17.9 Å². The summed E-state index contributed by atoms with van der Waals surface area (Å²) in [6, 6.07) is 0.951. The predicted molar refractivity (Wildman–Crippen MR) is 91.3 cm³/mol. The average molecular weight is 434 g/mol. The van der Waals surface area contributed by atoms with Crippen LogP contribution in [-0.4, -0.2) is 37.4 Å². The van der Waals surface area contributed by atoms with Crippen molar-refractivity contribution < 1.29 is 18.0 Å². The van der Waals surface area contributed by atoms with E-state index >= 15 is 0 Å². The number of likely N-dealkylation sites (N-methyl/N-ethyl adjacent to an activating group) is 1. The minimum absolute atomic E-state index is 0.00519. The topological polar surface area (TPSA) is 56.0 Å². The molecule has 2 aromatic rings. The molecule has 0 aromatic carbocycles. The molecule has 0 aliphatic heterocycles. The van der Waals surface area contributed by atoms with Crippen LogP contribution in [0.4, 0.5) is 13.2 Å². The Morgan fingerprint density at radius 3 is 2.62 bits per heavy atom. The van der Waals surface area contributed by atoms with E-state index in [1.165, 1.54) is 9.58 Å². The second-order valence-corrected chi connectivity index (χ2v) is 7.37. The molecule has 1 aliphatic carbocycles. The summed E-state index contributed by atoms with van der Waals surface area (Å²) in [4.78, 5) is 14.3. The summed E-state index contributed by atoms with van der Waals surface area (Å²) in [5.41, 5.74) is 0.300. The van der Waals surface area contributed by atoms with Crippen LogP contribution < -0.4 is 0 Å². The molecule has 0 saturated heterocycles. The molecule has 0 bridgehead atoms. The van der Waals surface area contributed by atoms with Gasteiger partial charge in [-0.05, 0) is 41.8 Å². The fraction of sp³-hybridized carbons (Fsp3) is 0.562. The number of hydrogen-bond donors (Lipinski definition) is 0. The fourth-order valence-electron chi connectivity index (χ4n) is 2.93. The van der Waals surface area contributed by atoms with Crippen LogP contribution in [0.5, 0.6) is 0 Å². The Morgan fingerprint density at radius 2 is 2.12 bits per heavy atom. The van der Waals surface area contributed by atoms with Gasteiger partial charge in [0.15, 0.2) is 5.69 Å². The van der Waals surface area contributed by atoms with Crippen molar-refractivity contribution in [2.75, 3.05) is 7.05 Å². The highest BCUT2D eigenvalue weighted by Crippen LogP contribution is 2.47. The second kappa shape index (κ2) is 6.71. The lowest BCUT2D eigenvalue weighted by Crippen LogP contribution is -2.34. The summed E-state index contributed by atoms with van der Waals surface area (Å²) in [7, 11) is 3.38. The van der Waals surface area contributed by atoms with Crippen LogP contribution in [0.3, 0.4) is 0 Å². The number of amides is 1. The van der Waals surface area contributed by atoms with Gasteiger partial charge in [0.1, 0.15) is 6.04 Å². The first-order valence-corrected chi connectivity index (χ1v) is 8.97. The summed E-state index contributed by atoms with van der Waals surface area (Å²) >= 11 is 3.05. The standard InChI is InChI=1S/C16H19BrF3N5O/c1-9(15(26)23(2)8-11-6-7-21-24(11)3)25-13(10-4-5-10)12(17)14(22-25)16(18,19)20/h6-7,9-10H,4-5,8H2,1-3H3. The number of hydrogen-bond acceptors (Lipinski definition) is 3. The maximum Gasteiger partial charge on any atom is 0.436 e. The molecule has 26 heavy (non-hydrogen) atoms. The summed E-state index contributed by atoms with van der Waals surface area (Å²) in [6.07, 6.45) is -1.35. The molecule has 0 radical (unpaired) electrons. The molecule has 6 nitrogen and oxygen atoms in total. The molecular weight excluding hydrogens is 415 g/mol. The Bertz CT molecular complexity index is 824. The van der Waals surface area contributed by atoms with Crippen LogP contribution in [0.2, 0.25) is 0 Å². The minimum Gasteiger partial charge on any atom is -0.338 e. The van der Waals surface area contributed by atoms with Gasteiger partial charge in [0.25, 0.3) is 0 Å². The van der Waals surface area contributed by atoms with Crippen molar-refractivity contribution >= 4 is 21.8 Å². The molecule has 2 aromatic heterocycles. The zero-order valence-electron chi connectivity index (χ0n) is 14.6. The maximum atomic E-state index is 13.2. The van der Waals surface area contributed by atoms with Gasteiger partial charge in [0.2, 0.25) is 5.91 Å². The van der Waals surface area contributed by atoms with Crippen molar-refractivity contribution in [2.24, 2.45) is 7.05 Å². The van der Waals surface area contributed by atoms with Crippen molar-refractivity contribution in [3.63, 3.8) is 0 Å². The van der Waals surface area contributed by atoms with Gasteiger partial charge in [-0.3, -0.25) is 14.2 Å². The lowest BCUT2D eigenvalue weighted by Gasteiger charge is -2.23. The molecule has 1 aliphatic rings. The van der Waals surface area contributed by atoms with Gasteiger partial charge in [0.05, 0.1) is 22.4 Å². The van der Waals surface area contributed by atoms with Gasteiger partial charge >= 0.3 is 6.18 Å². The predicted octanol–water partition coefficient (Wildman–Crippen LogP) is 3.49. The average Bonchev–Trinajstić information content (AvgIpc) is 3.22. The Labute approximate surface area is 157 Å². The van der Waals surface area contributed by atoms with Gasteiger partial charge in [-0.15, -0.1) is 0 Å². The summed E-state index contributed by atoms with van der Waals surface area (Å²) in [6.45, 7) is 1.89. The lowest BCUT2D eigenvalue weighted by molar-refractivity contribution is -0.143. The van der Waals surface area contributed by atoms with E-state index in [-0.39, 0.29) is 16.3 Å². The Kier molecular flexibility index (Phi) is 4.89. The van der Waals surface area contributed by atoms with Crippen LogP contribution in [0.15, 0.2) is 16.7 Å². The van der Waals surface area contributed by atoms with E-state index in [9.17, 15) is 18.0 Å². The third-order valence-electron chi connectivity index (χ3n) is 4.54. The second-order valence-electron chi connectivity index (χ2n) is 6.58. The summed E-state index contributed by atoms with van der Waals surface area (Å²) in [5.74, 6) is -0.303. The van der Waals surface area contributed by atoms with E-state index in [0.717, 1.165) is 18.5 Å². The molecule has 1 amide bonds. The van der Waals surface area contributed by atoms with Crippen molar-refractivity contribution in [2.45, 2.75) is 44.4 Å². The van der Waals surface area contributed by atoms with Crippen molar-refractivity contribution in [1.29, 1.82) is 0 Å². The number of alkyl halides is 3. The first-order chi connectivity index (χ1) is 12.1.